The first-order valence-corrected chi connectivity index (χ1v) is 13.4. The van der Waals surface area contributed by atoms with Gasteiger partial charge in [-0.15, -0.1) is 22.7 Å². The Morgan fingerprint density at radius 3 is 1.74 bits per heavy atom. The smallest absolute Gasteiger partial charge is 0.132 e. The van der Waals surface area contributed by atoms with Crippen molar-refractivity contribution in [1.29, 1.82) is 0 Å². The van der Waals surface area contributed by atoms with E-state index in [1.165, 1.54) is 16.6 Å². The lowest BCUT2D eigenvalue weighted by atomic mass is 9.84. The third-order valence-corrected chi connectivity index (χ3v) is 8.80. The number of thiophene rings is 2. The number of carbonyl (C=O) groups is 1. The fourth-order valence-electron chi connectivity index (χ4n) is 3.18. The number of Topliss-reactive ketones (excluding diaryl/α,β-unsaturated/α-hetero) is 1. The Kier molecular flexibility index (Phi) is 10.8. The zero-order valence-corrected chi connectivity index (χ0v) is 21.6. The highest BCUT2D eigenvalue weighted by Gasteiger charge is 2.32. The van der Waals surface area contributed by atoms with Crippen molar-refractivity contribution in [3.05, 3.63) is 40.5 Å². The number of ketones is 1. The molecule has 0 radical (unpaired) electrons. The number of hydrogen-bond donors (Lipinski definition) is 1. The van der Waals surface area contributed by atoms with Crippen LogP contribution in [0, 0.1) is 0 Å². The van der Waals surface area contributed by atoms with Crippen LogP contribution >= 0.6 is 70.5 Å². The van der Waals surface area contributed by atoms with Crippen molar-refractivity contribution in [3.63, 3.8) is 0 Å². The molecule has 2 aliphatic carbocycles. The van der Waals surface area contributed by atoms with Gasteiger partial charge in [-0.2, -0.15) is 0 Å². The lowest BCUT2D eigenvalue weighted by molar-refractivity contribution is -0.120. The lowest BCUT2D eigenvalue weighted by Gasteiger charge is -2.30. The van der Waals surface area contributed by atoms with Crippen LogP contribution in [-0.2, 0) is 10.4 Å². The summed E-state index contributed by atoms with van der Waals surface area (Å²) in [6, 6.07) is 4.07. The molecule has 0 aliphatic heterocycles. The Morgan fingerprint density at radius 1 is 0.815 bits per heavy atom. The van der Waals surface area contributed by atoms with Crippen molar-refractivity contribution in [1.82, 2.24) is 0 Å². The van der Waals surface area contributed by atoms with E-state index >= 15 is 0 Å². The first kappa shape index (κ1) is 23.7. The summed E-state index contributed by atoms with van der Waals surface area (Å²) in [4.78, 5) is 11.6. The van der Waals surface area contributed by atoms with Gasteiger partial charge in [-0.05, 0) is 85.6 Å². The van der Waals surface area contributed by atoms with Crippen molar-refractivity contribution in [2.24, 2.45) is 0 Å². The van der Waals surface area contributed by atoms with Crippen LogP contribution < -0.4 is 0 Å². The van der Waals surface area contributed by atoms with Crippen LogP contribution in [0.15, 0.2) is 35.6 Å². The van der Waals surface area contributed by atoms with E-state index in [0.29, 0.717) is 5.78 Å². The number of hydrogen-bond acceptors (Lipinski definition) is 4. The summed E-state index contributed by atoms with van der Waals surface area (Å²) in [5, 5.41) is 14.4. The first-order chi connectivity index (χ1) is 12.9. The second kappa shape index (κ2) is 12.2. The first-order valence-electron chi connectivity index (χ1n) is 9.27. The topological polar surface area (TPSA) is 37.3 Å². The molecule has 0 aromatic carbocycles. The molecule has 0 bridgehead atoms. The van der Waals surface area contributed by atoms with Crippen molar-refractivity contribution >= 4 is 76.2 Å². The second-order valence-electron chi connectivity index (χ2n) is 6.89. The highest BCUT2D eigenvalue weighted by atomic mass is 79.9. The molecule has 150 valence electrons. The number of halogens is 3. The molecule has 0 atom stereocenters. The normalized spacial score (nSPS) is 18.7. The monoisotopic (exact) mass is 598 g/mol. The van der Waals surface area contributed by atoms with Crippen molar-refractivity contribution in [3.8, 4) is 0 Å². The molecule has 2 nitrogen and oxygen atoms in total. The molecule has 0 saturated heterocycles. The van der Waals surface area contributed by atoms with Gasteiger partial charge in [-0.1, -0.05) is 25.7 Å². The molecule has 2 heterocycles. The van der Waals surface area contributed by atoms with Crippen molar-refractivity contribution in [2.45, 2.75) is 69.8 Å². The zero-order valence-electron chi connectivity index (χ0n) is 15.2. The molecule has 0 unspecified atom stereocenters. The van der Waals surface area contributed by atoms with Gasteiger partial charge < -0.3 is 5.11 Å². The quantitative estimate of drug-likeness (QED) is 0.356. The SMILES string of the molecule is Brc1csc(Br)c1.O=C1CCCCC1.OC1(c2cc(Br)cs2)CCCCC1. The van der Waals surface area contributed by atoms with E-state index in [1.54, 1.807) is 22.7 Å². The van der Waals surface area contributed by atoms with E-state index in [0.717, 1.165) is 65.2 Å². The second-order valence-corrected chi connectivity index (χ2v) is 11.9. The molecule has 2 aromatic heterocycles. The van der Waals surface area contributed by atoms with Gasteiger partial charge in [0.25, 0.3) is 0 Å². The molecule has 2 fully saturated rings. The summed E-state index contributed by atoms with van der Waals surface area (Å²) in [7, 11) is 0. The van der Waals surface area contributed by atoms with E-state index in [-0.39, 0.29) is 0 Å². The Morgan fingerprint density at radius 2 is 1.37 bits per heavy atom. The summed E-state index contributed by atoms with van der Waals surface area (Å²) in [5.41, 5.74) is -0.519. The van der Waals surface area contributed by atoms with Crippen LogP contribution in [0.2, 0.25) is 0 Å². The van der Waals surface area contributed by atoms with Gasteiger partial charge >= 0.3 is 0 Å². The van der Waals surface area contributed by atoms with Crippen LogP contribution in [0.3, 0.4) is 0 Å². The summed E-state index contributed by atoms with van der Waals surface area (Å²) in [6.07, 6.45) is 10.7. The third kappa shape index (κ3) is 8.79. The van der Waals surface area contributed by atoms with Gasteiger partial charge in [0.15, 0.2) is 0 Å². The van der Waals surface area contributed by atoms with Crippen LogP contribution in [0.1, 0.15) is 69.1 Å². The van der Waals surface area contributed by atoms with Gasteiger partial charge in [0.1, 0.15) is 5.78 Å². The summed E-state index contributed by atoms with van der Waals surface area (Å²) in [5.74, 6) is 0.464. The molecule has 2 aromatic rings. The van der Waals surface area contributed by atoms with Crippen LogP contribution in [0.4, 0.5) is 0 Å². The number of rotatable bonds is 1. The number of aliphatic hydroxyl groups is 1. The highest BCUT2D eigenvalue weighted by molar-refractivity contribution is 9.11. The minimum Gasteiger partial charge on any atom is -0.384 e. The highest BCUT2D eigenvalue weighted by Crippen LogP contribution is 2.40. The minimum atomic E-state index is -0.519. The maximum Gasteiger partial charge on any atom is 0.132 e. The average molecular weight is 601 g/mol. The summed E-state index contributed by atoms with van der Waals surface area (Å²) >= 11 is 13.4. The molecule has 1 N–H and O–H groups in total. The predicted molar refractivity (Wildman–Crippen MR) is 127 cm³/mol. The predicted octanol–water partition coefficient (Wildman–Crippen LogP) is 8.46. The third-order valence-electron chi connectivity index (χ3n) is 4.65. The molecule has 27 heavy (non-hydrogen) atoms. The van der Waals surface area contributed by atoms with Gasteiger partial charge in [-0.25, -0.2) is 0 Å². The molecule has 2 saturated carbocycles. The summed E-state index contributed by atoms with van der Waals surface area (Å²) in [6.45, 7) is 0. The van der Waals surface area contributed by atoms with Gasteiger partial charge in [0.05, 0.1) is 9.39 Å². The zero-order chi connectivity index (χ0) is 19.7. The maximum absolute atomic E-state index is 10.5. The molecule has 2 aliphatic rings. The average Bonchev–Trinajstić information content (AvgIpc) is 3.26. The Labute approximate surface area is 195 Å². The molecule has 7 heteroatoms. The van der Waals surface area contributed by atoms with Gasteiger partial charge in [-0.3, -0.25) is 4.79 Å². The number of carbonyl (C=O) groups excluding carboxylic acids is 1. The van der Waals surface area contributed by atoms with Crippen molar-refractivity contribution in [2.75, 3.05) is 0 Å². The molecular weight excluding hydrogens is 576 g/mol. The fraction of sp³-hybridized carbons (Fsp3) is 0.550. The molecule has 4 rings (SSSR count). The Bertz CT molecular complexity index is 681. The Hall–Kier alpha value is 0.470. The standard InChI is InChI=1S/C10H13BrOS.C6H10O.C4H2Br2S/c11-8-6-9(13-7-8)10(12)4-2-1-3-5-10;7-6-4-2-1-3-5-6;5-3-1-4(6)7-2-3/h6-7,12H,1-5H2;1-5H2;1-2H. The van der Waals surface area contributed by atoms with Gasteiger partial charge in [0, 0.05) is 37.4 Å². The van der Waals surface area contributed by atoms with Crippen LogP contribution in [0.5, 0.6) is 0 Å². The minimum absolute atomic E-state index is 0.464. The fourth-order valence-corrected chi connectivity index (χ4v) is 6.75. The van der Waals surface area contributed by atoms with Crippen LogP contribution in [-0.4, -0.2) is 10.9 Å². The van der Waals surface area contributed by atoms with E-state index < -0.39 is 5.60 Å². The Balaban J connectivity index is 0.000000159. The van der Waals surface area contributed by atoms with E-state index in [1.807, 2.05) is 16.8 Å². The lowest BCUT2D eigenvalue weighted by Crippen LogP contribution is -2.27. The maximum atomic E-state index is 10.5. The van der Waals surface area contributed by atoms with E-state index in [4.69, 9.17) is 0 Å². The van der Waals surface area contributed by atoms with E-state index in [2.05, 4.69) is 53.9 Å². The van der Waals surface area contributed by atoms with E-state index in [9.17, 15) is 9.90 Å². The van der Waals surface area contributed by atoms with Crippen molar-refractivity contribution < 1.29 is 9.90 Å². The molecule has 0 amide bonds. The largest absolute Gasteiger partial charge is 0.384 e. The molecular formula is C20H25Br3O2S2. The van der Waals surface area contributed by atoms with Gasteiger partial charge in [0.2, 0.25) is 0 Å². The summed E-state index contributed by atoms with van der Waals surface area (Å²) < 4.78 is 3.40. The molecule has 0 spiro atoms. The van der Waals surface area contributed by atoms with Crippen LogP contribution in [0.25, 0.3) is 0 Å².